The summed E-state index contributed by atoms with van der Waals surface area (Å²) in [6.07, 6.45) is 1.22. The van der Waals surface area contributed by atoms with Crippen molar-refractivity contribution in [1.29, 1.82) is 0 Å². The Bertz CT molecular complexity index is 1080. The second kappa shape index (κ2) is 9.57. The van der Waals surface area contributed by atoms with E-state index in [0.29, 0.717) is 43.9 Å². The highest BCUT2D eigenvalue weighted by Crippen LogP contribution is 2.36. The average molecular weight is 449 g/mol. The zero-order valence-corrected chi connectivity index (χ0v) is 19.3. The van der Waals surface area contributed by atoms with Gasteiger partial charge in [-0.25, -0.2) is 0 Å². The van der Waals surface area contributed by atoms with Crippen LogP contribution in [0.1, 0.15) is 29.3 Å². The Balaban J connectivity index is 1.54. The maximum absolute atomic E-state index is 13.3. The SMILES string of the molecule is CCOc1ccccc1C(=O)N1CC[C@@](Cc2ccc(-c3ccsc3)cc2)(C(=O)NC)C1. The van der Waals surface area contributed by atoms with E-state index in [1.54, 1.807) is 29.4 Å². The Kier molecular flexibility index (Phi) is 6.61. The van der Waals surface area contributed by atoms with Gasteiger partial charge in [-0.05, 0) is 65.4 Å². The summed E-state index contributed by atoms with van der Waals surface area (Å²) in [4.78, 5) is 28.1. The van der Waals surface area contributed by atoms with Crippen LogP contribution in [-0.2, 0) is 11.2 Å². The van der Waals surface area contributed by atoms with E-state index in [1.165, 1.54) is 11.1 Å². The molecule has 1 fully saturated rings. The van der Waals surface area contributed by atoms with Crippen molar-refractivity contribution >= 4 is 23.2 Å². The first kappa shape index (κ1) is 22.1. The summed E-state index contributed by atoms with van der Waals surface area (Å²) in [7, 11) is 1.67. The number of ether oxygens (including phenoxy) is 1. The minimum absolute atomic E-state index is 0.0206. The minimum atomic E-state index is -0.644. The highest BCUT2D eigenvalue weighted by Gasteiger charge is 2.46. The Hall–Kier alpha value is -3.12. The minimum Gasteiger partial charge on any atom is -0.493 e. The van der Waals surface area contributed by atoms with Crippen LogP contribution >= 0.6 is 11.3 Å². The maximum atomic E-state index is 13.3. The molecule has 0 radical (unpaired) electrons. The topological polar surface area (TPSA) is 58.6 Å². The summed E-state index contributed by atoms with van der Waals surface area (Å²) < 4.78 is 5.65. The quantitative estimate of drug-likeness (QED) is 0.573. The summed E-state index contributed by atoms with van der Waals surface area (Å²) in [5.41, 5.74) is 3.36. The van der Waals surface area contributed by atoms with Gasteiger partial charge in [0, 0.05) is 20.1 Å². The lowest BCUT2D eigenvalue weighted by atomic mass is 9.79. The van der Waals surface area contributed by atoms with E-state index in [9.17, 15) is 9.59 Å². The molecule has 1 N–H and O–H groups in total. The molecule has 1 saturated heterocycles. The molecule has 0 bridgehead atoms. The van der Waals surface area contributed by atoms with Gasteiger partial charge in [-0.15, -0.1) is 0 Å². The molecule has 5 nitrogen and oxygen atoms in total. The smallest absolute Gasteiger partial charge is 0.257 e. The number of thiophene rings is 1. The lowest BCUT2D eigenvalue weighted by Crippen LogP contribution is -2.44. The van der Waals surface area contributed by atoms with Gasteiger partial charge < -0.3 is 15.0 Å². The van der Waals surface area contributed by atoms with E-state index >= 15 is 0 Å². The molecule has 1 aliphatic heterocycles. The van der Waals surface area contributed by atoms with Crippen LogP contribution in [0.5, 0.6) is 5.75 Å². The lowest BCUT2D eigenvalue weighted by molar-refractivity contribution is -0.129. The van der Waals surface area contributed by atoms with Crippen LogP contribution in [-0.4, -0.2) is 43.5 Å². The van der Waals surface area contributed by atoms with E-state index in [0.717, 1.165) is 5.56 Å². The molecule has 0 saturated carbocycles. The Morgan fingerprint density at radius 1 is 1.09 bits per heavy atom. The van der Waals surface area contributed by atoms with Gasteiger partial charge >= 0.3 is 0 Å². The van der Waals surface area contributed by atoms with Crippen LogP contribution in [0.2, 0.25) is 0 Å². The van der Waals surface area contributed by atoms with Crippen LogP contribution in [0, 0.1) is 5.41 Å². The van der Waals surface area contributed by atoms with Crippen molar-refractivity contribution in [2.45, 2.75) is 19.8 Å². The van der Waals surface area contributed by atoms with Crippen LogP contribution in [0.3, 0.4) is 0 Å². The van der Waals surface area contributed by atoms with Crippen LogP contribution < -0.4 is 10.1 Å². The molecule has 0 aliphatic carbocycles. The van der Waals surface area contributed by atoms with Gasteiger partial charge in [0.1, 0.15) is 5.75 Å². The zero-order valence-electron chi connectivity index (χ0n) is 18.5. The van der Waals surface area contributed by atoms with Gasteiger partial charge in [0.05, 0.1) is 17.6 Å². The van der Waals surface area contributed by atoms with Gasteiger partial charge in [-0.2, -0.15) is 11.3 Å². The first-order valence-corrected chi connectivity index (χ1v) is 11.9. The molecule has 2 aromatic carbocycles. The normalized spacial score (nSPS) is 17.9. The van der Waals surface area contributed by atoms with Crippen molar-refractivity contribution < 1.29 is 14.3 Å². The third kappa shape index (κ3) is 4.41. The van der Waals surface area contributed by atoms with Crippen molar-refractivity contribution in [2.24, 2.45) is 5.41 Å². The molecule has 0 spiro atoms. The summed E-state index contributed by atoms with van der Waals surface area (Å²) in [5, 5.41) is 7.03. The van der Waals surface area contributed by atoms with Gasteiger partial charge in [0.25, 0.3) is 5.91 Å². The van der Waals surface area contributed by atoms with Gasteiger partial charge in [0.15, 0.2) is 0 Å². The first-order chi connectivity index (χ1) is 15.6. The number of amides is 2. The van der Waals surface area contributed by atoms with E-state index in [-0.39, 0.29) is 11.8 Å². The molecule has 3 aromatic rings. The fourth-order valence-electron chi connectivity index (χ4n) is 4.45. The molecular weight excluding hydrogens is 420 g/mol. The monoisotopic (exact) mass is 448 g/mol. The number of hydrogen-bond acceptors (Lipinski definition) is 4. The van der Waals surface area contributed by atoms with Crippen LogP contribution in [0.25, 0.3) is 11.1 Å². The number of carbonyl (C=O) groups excluding carboxylic acids is 2. The number of rotatable bonds is 7. The van der Waals surface area contributed by atoms with Gasteiger partial charge in [0.2, 0.25) is 5.91 Å². The largest absolute Gasteiger partial charge is 0.493 e. The highest BCUT2D eigenvalue weighted by molar-refractivity contribution is 7.08. The molecule has 32 heavy (non-hydrogen) atoms. The number of nitrogens with zero attached hydrogens (tertiary/aromatic N) is 1. The van der Waals surface area contributed by atoms with Crippen molar-refractivity contribution in [3.05, 3.63) is 76.5 Å². The number of hydrogen-bond donors (Lipinski definition) is 1. The van der Waals surface area contributed by atoms with Crippen LogP contribution in [0.4, 0.5) is 0 Å². The van der Waals surface area contributed by atoms with Gasteiger partial charge in [-0.3, -0.25) is 9.59 Å². The zero-order chi connectivity index (χ0) is 22.6. The van der Waals surface area contributed by atoms with Gasteiger partial charge in [-0.1, -0.05) is 36.4 Å². The second-order valence-electron chi connectivity index (χ2n) is 8.15. The summed E-state index contributed by atoms with van der Waals surface area (Å²) in [6, 6.07) is 17.8. The summed E-state index contributed by atoms with van der Waals surface area (Å²) in [6.45, 7) is 3.32. The standard InChI is InChI=1S/C26H28N2O3S/c1-3-31-23-7-5-4-6-22(23)24(29)28-14-13-26(18-28,25(30)27-2)16-19-8-10-20(11-9-19)21-12-15-32-17-21/h4-12,15,17H,3,13-14,16,18H2,1-2H3,(H,27,30)/t26-/m0/s1. The molecule has 6 heteroatoms. The summed E-state index contributed by atoms with van der Waals surface area (Å²) in [5.74, 6) is 0.474. The van der Waals surface area contributed by atoms with E-state index in [4.69, 9.17) is 4.74 Å². The first-order valence-electron chi connectivity index (χ1n) is 10.9. The number of likely N-dealkylation sites (tertiary alicyclic amines) is 1. The predicted molar refractivity (Wildman–Crippen MR) is 128 cm³/mol. The predicted octanol–water partition coefficient (Wildman–Crippen LogP) is 4.63. The van der Waals surface area contributed by atoms with Crippen molar-refractivity contribution in [3.63, 3.8) is 0 Å². The molecule has 0 unspecified atom stereocenters. The fourth-order valence-corrected chi connectivity index (χ4v) is 5.12. The molecule has 1 atom stereocenters. The van der Waals surface area contributed by atoms with E-state index < -0.39 is 5.41 Å². The van der Waals surface area contributed by atoms with Crippen molar-refractivity contribution in [1.82, 2.24) is 10.2 Å². The number of para-hydroxylation sites is 1. The maximum Gasteiger partial charge on any atom is 0.257 e. The molecule has 2 amide bonds. The third-order valence-corrected chi connectivity index (χ3v) is 6.80. The number of nitrogens with one attached hydrogen (secondary N) is 1. The van der Waals surface area contributed by atoms with Crippen LogP contribution in [0.15, 0.2) is 65.4 Å². The highest BCUT2D eigenvalue weighted by atomic mass is 32.1. The molecular formula is C26H28N2O3S. The Labute approximate surface area is 193 Å². The Morgan fingerprint density at radius 2 is 1.88 bits per heavy atom. The van der Waals surface area contributed by atoms with E-state index in [2.05, 4.69) is 46.4 Å². The molecule has 1 aliphatic rings. The summed E-state index contributed by atoms with van der Waals surface area (Å²) >= 11 is 1.68. The fraction of sp³-hybridized carbons (Fsp3) is 0.308. The average Bonchev–Trinajstić information content (AvgIpc) is 3.51. The Morgan fingerprint density at radius 3 is 2.56 bits per heavy atom. The molecule has 166 valence electrons. The number of benzene rings is 2. The molecule has 2 heterocycles. The lowest BCUT2D eigenvalue weighted by Gasteiger charge is -2.28. The second-order valence-corrected chi connectivity index (χ2v) is 8.93. The molecule has 1 aromatic heterocycles. The van der Waals surface area contributed by atoms with E-state index in [1.807, 2.05) is 25.1 Å². The number of carbonyl (C=O) groups is 2. The van der Waals surface area contributed by atoms with Crippen molar-refractivity contribution in [3.8, 4) is 16.9 Å². The van der Waals surface area contributed by atoms with Crippen molar-refractivity contribution in [2.75, 3.05) is 26.7 Å². The molecule has 4 rings (SSSR count). The third-order valence-electron chi connectivity index (χ3n) is 6.12.